The predicted molar refractivity (Wildman–Crippen MR) is 88.6 cm³/mol. The molecular weight excluding hydrogens is 318 g/mol. The Kier molecular flexibility index (Phi) is 5.98. The second-order valence-electron chi connectivity index (χ2n) is 5.28. The van der Waals surface area contributed by atoms with Crippen LogP contribution in [0.15, 0.2) is 24.3 Å². The highest BCUT2D eigenvalue weighted by molar-refractivity contribution is 6.36. The number of hydrogen-bond acceptors (Lipinski definition) is 4. The zero-order valence-corrected chi connectivity index (χ0v) is 13.8. The highest BCUT2D eigenvalue weighted by atomic mass is 35.5. The average Bonchev–Trinajstić information content (AvgIpc) is 2.59. The van der Waals surface area contributed by atoms with Gasteiger partial charge in [-0.2, -0.15) is 0 Å². The Morgan fingerprint density at radius 3 is 2.39 bits per heavy atom. The van der Waals surface area contributed by atoms with E-state index < -0.39 is 11.7 Å². The van der Waals surface area contributed by atoms with E-state index in [4.69, 9.17) is 11.6 Å². The monoisotopic (exact) mass is 337 g/mol. The molecule has 0 spiro atoms. The van der Waals surface area contributed by atoms with Crippen LogP contribution < -0.4 is 10.2 Å². The number of carbonyl (C=O) groups is 3. The summed E-state index contributed by atoms with van der Waals surface area (Å²) in [6.45, 7) is 3.94. The van der Waals surface area contributed by atoms with Crippen LogP contribution >= 0.6 is 11.6 Å². The SMILES string of the molecule is CCC(=O)C(=O)NCC(=O)N1CCN(c2ccccc2Cl)CC1. The van der Waals surface area contributed by atoms with E-state index >= 15 is 0 Å². The van der Waals surface area contributed by atoms with Crippen LogP contribution in [-0.2, 0) is 14.4 Å². The highest BCUT2D eigenvalue weighted by Crippen LogP contribution is 2.25. The normalized spacial score (nSPS) is 14.5. The zero-order valence-electron chi connectivity index (χ0n) is 13.0. The quantitative estimate of drug-likeness (QED) is 0.816. The number of anilines is 1. The van der Waals surface area contributed by atoms with Crippen molar-refractivity contribution in [1.29, 1.82) is 0 Å². The van der Waals surface area contributed by atoms with Gasteiger partial charge in [-0.1, -0.05) is 30.7 Å². The van der Waals surface area contributed by atoms with Gasteiger partial charge in [0, 0.05) is 32.6 Å². The number of hydrogen-bond donors (Lipinski definition) is 1. The van der Waals surface area contributed by atoms with Crippen molar-refractivity contribution in [2.24, 2.45) is 0 Å². The molecule has 124 valence electrons. The number of para-hydroxylation sites is 1. The van der Waals surface area contributed by atoms with Gasteiger partial charge >= 0.3 is 0 Å². The van der Waals surface area contributed by atoms with Crippen LogP contribution in [0.5, 0.6) is 0 Å². The number of nitrogens with zero attached hydrogens (tertiary/aromatic N) is 2. The molecule has 0 radical (unpaired) electrons. The van der Waals surface area contributed by atoms with Crippen molar-refractivity contribution in [3.05, 3.63) is 29.3 Å². The largest absolute Gasteiger partial charge is 0.367 e. The number of benzene rings is 1. The summed E-state index contributed by atoms with van der Waals surface area (Å²) < 4.78 is 0. The molecule has 0 aliphatic carbocycles. The number of carbonyl (C=O) groups excluding carboxylic acids is 3. The molecule has 0 saturated carbocycles. The Labute approximate surface area is 140 Å². The van der Waals surface area contributed by atoms with E-state index in [1.54, 1.807) is 11.8 Å². The summed E-state index contributed by atoms with van der Waals surface area (Å²) in [4.78, 5) is 38.5. The number of ketones is 1. The predicted octanol–water partition coefficient (Wildman–Crippen LogP) is 1.08. The Bertz CT molecular complexity index is 598. The van der Waals surface area contributed by atoms with Crippen LogP contribution in [0.25, 0.3) is 0 Å². The third kappa shape index (κ3) is 4.45. The number of nitrogens with one attached hydrogen (secondary N) is 1. The molecule has 1 aliphatic rings. The molecule has 23 heavy (non-hydrogen) atoms. The molecule has 0 unspecified atom stereocenters. The maximum atomic E-state index is 12.1. The summed E-state index contributed by atoms with van der Waals surface area (Å²) in [6.07, 6.45) is 0.135. The summed E-state index contributed by atoms with van der Waals surface area (Å²) in [5.74, 6) is -1.39. The second-order valence-corrected chi connectivity index (χ2v) is 5.69. The van der Waals surface area contributed by atoms with Crippen molar-refractivity contribution in [2.45, 2.75) is 13.3 Å². The van der Waals surface area contributed by atoms with Crippen molar-refractivity contribution >= 4 is 34.9 Å². The third-order valence-electron chi connectivity index (χ3n) is 3.80. The van der Waals surface area contributed by atoms with Gasteiger partial charge in [0.2, 0.25) is 11.7 Å². The van der Waals surface area contributed by atoms with Crippen LogP contribution in [0, 0.1) is 0 Å². The minimum Gasteiger partial charge on any atom is -0.367 e. The van der Waals surface area contributed by atoms with E-state index in [0.29, 0.717) is 31.2 Å². The lowest BCUT2D eigenvalue weighted by Crippen LogP contribution is -2.51. The lowest BCUT2D eigenvalue weighted by molar-refractivity contribution is -0.139. The fraction of sp³-hybridized carbons (Fsp3) is 0.438. The summed E-state index contributed by atoms with van der Waals surface area (Å²) in [6, 6.07) is 7.61. The van der Waals surface area contributed by atoms with Crippen LogP contribution in [0.1, 0.15) is 13.3 Å². The van der Waals surface area contributed by atoms with Crippen LogP contribution in [0.4, 0.5) is 5.69 Å². The number of Topliss-reactive ketones (excluding diaryl/α,β-unsaturated/α-hetero) is 1. The minimum absolute atomic E-state index is 0.135. The van der Waals surface area contributed by atoms with E-state index in [9.17, 15) is 14.4 Å². The molecule has 1 aromatic carbocycles. The topological polar surface area (TPSA) is 69.7 Å². The Balaban J connectivity index is 1.82. The molecule has 1 N–H and O–H groups in total. The van der Waals surface area contributed by atoms with Crippen LogP contribution in [-0.4, -0.2) is 55.2 Å². The van der Waals surface area contributed by atoms with Crippen LogP contribution in [0.2, 0.25) is 5.02 Å². The highest BCUT2D eigenvalue weighted by Gasteiger charge is 2.23. The Morgan fingerprint density at radius 1 is 1.13 bits per heavy atom. The number of amides is 2. The molecule has 1 aromatic rings. The molecule has 7 heteroatoms. The van der Waals surface area contributed by atoms with E-state index in [2.05, 4.69) is 10.2 Å². The minimum atomic E-state index is -0.699. The van der Waals surface area contributed by atoms with Gasteiger partial charge < -0.3 is 15.1 Å². The summed E-state index contributed by atoms with van der Waals surface area (Å²) in [5, 5.41) is 3.06. The lowest BCUT2D eigenvalue weighted by Gasteiger charge is -2.36. The summed E-state index contributed by atoms with van der Waals surface area (Å²) in [5.41, 5.74) is 0.961. The van der Waals surface area contributed by atoms with Crippen molar-refractivity contribution in [2.75, 3.05) is 37.6 Å². The van der Waals surface area contributed by atoms with Gasteiger partial charge in [0.15, 0.2) is 0 Å². The first-order chi connectivity index (χ1) is 11.0. The maximum absolute atomic E-state index is 12.1. The van der Waals surface area contributed by atoms with Gasteiger partial charge in [0.05, 0.1) is 17.3 Å². The Morgan fingerprint density at radius 2 is 1.78 bits per heavy atom. The first kappa shape index (κ1) is 17.3. The van der Waals surface area contributed by atoms with Gasteiger partial charge in [0.1, 0.15) is 0 Å². The van der Waals surface area contributed by atoms with E-state index in [-0.39, 0.29) is 18.9 Å². The van der Waals surface area contributed by atoms with Crippen LogP contribution in [0.3, 0.4) is 0 Å². The van der Waals surface area contributed by atoms with Gasteiger partial charge in [0.25, 0.3) is 5.91 Å². The third-order valence-corrected chi connectivity index (χ3v) is 4.12. The first-order valence-corrected chi connectivity index (χ1v) is 7.99. The molecule has 2 rings (SSSR count). The number of piperazine rings is 1. The van der Waals surface area contributed by atoms with Gasteiger partial charge in [-0.25, -0.2) is 0 Å². The Hall–Kier alpha value is -2.08. The van der Waals surface area contributed by atoms with Crippen molar-refractivity contribution < 1.29 is 14.4 Å². The van der Waals surface area contributed by atoms with E-state index in [1.807, 2.05) is 24.3 Å². The molecule has 1 saturated heterocycles. The second kappa shape index (κ2) is 7.97. The fourth-order valence-corrected chi connectivity index (χ4v) is 2.69. The smallest absolute Gasteiger partial charge is 0.287 e. The zero-order chi connectivity index (χ0) is 16.8. The maximum Gasteiger partial charge on any atom is 0.287 e. The molecule has 2 amide bonds. The van der Waals surface area contributed by atoms with Crippen molar-refractivity contribution in [3.63, 3.8) is 0 Å². The molecular formula is C16H20ClN3O3. The van der Waals surface area contributed by atoms with Gasteiger partial charge in [-0.3, -0.25) is 14.4 Å². The molecule has 6 nitrogen and oxygen atoms in total. The van der Waals surface area contributed by atoms with Gasteiger partial charge in [-0.05, 0) is 12.1 Å². The van der Waals surface area contributed by atoms with Crippen molar-refractivity contribution in [3.8, 4) is 0 Å². The fourth-order valence-electron chi connectivity index (χ4n) is 2.43. The van der Waals surface area contributed by atoms with E-state index in [1.165, 1.54) is 0 Å². The van der Waals surface area contributed by atoms with E-state index in [0.717, 1.165) is 5.69 Å². The average molecular weight is 338 g/mol. The van der Waals surface area contributed by atoms with Crippen molar-refractivity contribution in [1.82, 2.24) is 10.2 Å². The van der Waals surface area contributed by atoms with Gasteiger partial charge in [-0.15, -0.1) is 0 Å². The number of rotatable bonds is 5. The summed E-state index contributed by atoms with van der Waals surface area (Å²) in [7, 11) is 0. The molecule has 0 aromatic heterocycles. The summed E-state index contributed by atoms with van der Waals surface area (Å²) >= 11 is 6.18. The first-order valence-electron chi connectivity index (χ1n) is 7.61. The molecule has 1 fully saturated rings. The molecule has 0 bridgehead atoms. The molecule has 0 atom stereocenters. The number of halogens is 1. The molecule has 1 aliphatic heterocycles. The molecule has 1 heterocycles. The standard InChI is InChI=1S/C16H20ClN3O3/c1-2-14(21)16(23)18-11-15(22)20-9-7-19(8-10-20)13-6-4-3-5-12(13)17/h3-6H,2,7-11H2,1H3,(H,18,23). The lowest BCUT2D eigenvalue weighted by atomic mass is 10.2.